The van der Waals surface area contributed by atoms with Gasteiger partial charge in [-0.15, -0.1) is 0 Å². The van der Waals surface area contributed by atoms with Crippen LogP contribution in [0.3, 0.4) is 0 Å². The molecule has 1 aromatic carbocycles. The minimum Gasteiger partial charge on any atom is -0.486 e. The zero-order valence-corrected chi connectivity index (χ0v) is 12.2. The van der Waals surface area contributed by atoms with Crippen molar-refractivity contribution in [2.75, 3.05) is 6.54 Å². The van der Waals surface area contributed by atoms with Crippen LogP contribution < -0.4 is 10.1 Å². The molecule has 0 amide bonds. The quantitative estimate of drug-likeness (QED) is 0.874. The molecule has 0 fully saturated rings. The van der Waals surface area contributed by atoms with Gasteiger partial charge in [-0.3, -0.25) is 0 Å². The molecule has 0 atom stereocenters. The molecule has 0 saturated heterocycles. The maximum atomic E-state index is 13.1. The lowest BCUT2D eigenvalue weighted by atomic mass is 10.3. The predicted octanol–water partition coefficient (Wildman–Crippen LogP) is 3.87. The molecule has 0 unspecified atom stereocenters. The van der Waals surface area contributed by atoms with Crippen molar-refractivity contribution in [3.05, 3.63) is 52.1 Å². The fraction of sp³-hybridized carbons (Fsp3) is 0.286. The van der Waals surface area contributed by atoms with E-state index in [-0.39, 0.29) is 5.82 Å². The van der Waals surface area contributed by atoms with Crippen molar-refractivity contribution in [3.63, 3.8) is 0 Å². The Hall–Kier alpha value is -1.33. The first-order valence-corrected chi connectivity index (χ1v) is 6.83. The first-order chi connectivity index (χ1) is 9.19. The van der Waals surface area contributed by atoms with Crippen LogP contribution in [0.4, 0.5) is 4.39 Å². The summed E-state index contributed by atoms with van der Waals surface area (Å²) in [5, 5.41) is 3.22. The highest BCUT2D eigenvalue weighted by atomic mass is 79.9. The lowest BCUT2D eigenvalue weighted by Gasteiger charge is -2.04. The summed E-state index contributed by atoms with van der Waals surface area (Å²) in [5.41, 5.74) is 1.08. The molecule has 102 valence electrons. The maximum Gasteiger partial charge on any atom is 0.146 e. The molecular formula is C14H15BrFNO2. The van der Waals surface area contributed by atoms with Gasteiger partial charge in [0, 0.05) is 12.1 Å². The average molecular weight is 328 g/mol. The Morgan fingerprint density at radius 2 is 2.21 bits per heavy atom. The van der Waals surface area contributed by atoms with Gasteiger partial charge in [0.15, 0.2) is 0 Å². The fourth-order valence-electron chi connectivity index (χ4n) is 1.59. The molecule has 0 saturated carbocycles. The van der Waals surface area contributed by atoms with E-state index in [9.17, 15) is 4.39 Å². The van der Waals surface area contributed by atoms with Crippen molar-refractivity contribution >= 4 is 15.9 Å². The van der Waals surface area contributed by atoms with Crippen LogP contribution in [0.25, 0.3) is 0 Å². The standard InChI is InChI=1S/C14H15BrFNO2/c1-2-17-7-10-5-12(18-8-10)9-19-11-3-4-14(16)13(15)6-11/h3-6,8,17H,2,7,9H2,1H3. The summed E-state index contributed by atoms with van der Waals surface area (Å²) >= 11 is 3.12. The highest BCUT2D eigenvalue weighted by Gasteiger charge is 2.04. The topological polar surface area (TPSA) is 34.4 Å². The second-order valence-corrected chi connectivity index (χ2v) is 4.92. The lowest BCUT2D eigenvalue weighted by molar-refractivity contribution is 0.270. The molecule has 2 rings (SSSR count). The summed E-state index contributed by atoms with van der Waals surface area (Å²) in [6, 6.07) is 6.49. The third kappa shape index (κ3) is 4.08. The number of benzene rings is 1. The van der Waals surface area contributed by atoms with E-state index in [1.807, 2.05) is 6.07 Å². The zero-order valence-electron chi connectivity index (χ0n) is 10.6. The molecular weight excluding hydrogens is 313 g/mol. The van der Waals surface area contributed by atoms with Gasteiger partial charge in [-0.25, -0.2) is 4.39 Å². The highest BCUT2D eigenvalue weighted by molar-refractivity contribution is 9.10. The van der Waals surface area contributed by atoms with Crippen LogP contribution in [0.15, 0.2) is 39.4 Å². The van der Waals surface area contributed by atoms with Gasteiger partial charge in [0.05, 0.1) is 10.7 Å². The van der Waals surface area contributed by atoms with Crippen molar-refractivity contribution in [1.82, 2.24) is 5.32 Å². The molecule has 5 heteroatoms. The summed E-state index contributed by atoms with van der Waals surface area (Å²) in [5.74, 6) is 1.03. The molecule has 0 aliphatic carbocycles. The first kappa shape index (κ1) is 14.1. The van der Waals surface area contributed by atoms with Crippen LogP contribution in [0.5, 0.6) is 5.75 Å². The number of nitrogens with one attached hydrogen (secondary N) is 1. The second-order valence-electron chi connectivity index (χ2n) is 4.07. The van der Waals surface area contributed by atoms with Crippen LogP contribution in [0, 0.1) is 5.82 Å². The monoisotopic (exact) mass is 327 g/mol. The number of ether oxygens (including phenoxy) is 1. The smallest absolute Gasteiger partial charge is 0.146 e. The largest absolute Gasteiger partial charge is 0.486 e. The van der Waals surface area contributed by atoms with Crippen LogP contribution in [0.2, 0.25) is 0 Å². The number of rotatable bonds is 6. The molecule has 1 aromatic heterocycles. The van der Waals surface area contributed by atoms with Gasteiger partial charge in [-0.2, -0.15) is 0 Å². The number of hydrogen-bond acceptors (Lipinski definition) is 3. The van der Waals surface area contributed by atoms with E-state index in [4.69, 9.17) is 9.15 Å². The normalized spacial score (nSPS) is 10.7. The van der Waals surface area contributed by atoms with Crippen molar-refractivity contribution in [3.8, 4) is 5.75 Å². The summed E-state index contributed by atoms with van der Waals surface area (Å²) in [4.78, 5) is 0. The van der Waals surface area contributed by atoms with Gasteiger partial charge in [-0.1, -0.05) is 6.92 Å². The Balaban J connectivity index is 1.91. The molecule has 0 aliphatic rings. The predicted molar refractivity (Wildman–Crippen MR) is 74.5 cm³/mol. The molecule has 0 spiro atoms. The van der Waals surface area contributed by atoms with Gasteiger partial charge in [0.2, 0.25) is 0 Å². The zero-order chi connectivity index (χ0) is 13.7. The van der Waals surface area contributed by atoms with Gasteiger partial charge in [0.1, 0.15) is 23.9 Å². The molecule has 19 heavy (non-hydrogen) atoms. The van der Waals surface area contributed by atoms with Crippen molar-refractivity contribution in [2.24, 2.45) is 0 Å². The third-order valence-electron chi connectivity index (χ3n) is 2.56. The number of halogens is 2. The Morgan fingerprint density at radius 1 is 1.37 bits per heavy atom. The second kappa shape index (κ2) is 6.73. The summed E-state index contributed by atoms with van der Waals surface area (Å²) in [7, 11) is 0. The first-order valence-electron chi connectivity index (χ1n) is 6.04. The average Bonchev–Trinajstić information content (AvgIpc) is 2.86. The molecule has 2 aromatic rings. The van der Waals surface area contributed by atoms with E-state index < -0.39 is 0 Å². The Labute approximate surface area is 119 Å². The van der Waals surface area contributed by atoms with Crippen molar-refractivity contribution in [1.29, 1.82) is 0 Å². The van der Waals surface area contributed by atoms with E-state index in [2.05, 4.69) is 28.2 Å². The van der Waals surface area contributed by atoms with Crippen molar-refractivity contribution < 1.29 is 13.5 Å². The van der Waals surface area contributed by atoms with E-state index >= 15 is 0 Å². The van der Waals surface area contributed by atoms with E-state index in [1.165, 1.54) is 6.07 Å². The van der Waals surface area contributed by atoms with Gasteiger partial charge in [-0.05, 0) is 46.7 Å². The van der Waals surface area contributed by atoms with Crippen molar-refractivity contribution in [2.45, 2.75) is 20.1 Å². The van der Waals surface area contributed by atoms with Crippen LogP contribution in [-0.4, -0.2) is 6.54 Å². The van der Waals surface area contributed by atoms with Crippen LogP contribution >= 0.6 is 15.9 Å². The molecule has 0 bridgehead atoms. The molecule has 0 aliphatic heterocycles. The minimum atomic E-state index is -0.307. The molecule has 0 radical (unpaired) electrons. The third-order valence-corrected chi connectivity index (χ3v) is 3.17. The Morgan fingerprint density at radius 3 is 2.95 bits per heavy atom. The molecule has 1 N–H and O–H groups in total. The maximum absolute atomic E-state index is 13.1. The van der Waals surface area contributed by atoms with Gasteiger partial charge < -0.3 is 14.5 Å². The Kier molecular flexibility index (Phi) is 4.99. The van der Waals surface area contributed by atoms with Crippen LogP contribution in [0.1, 0.15) is 18.2 Å². The summed E-state index contributed by atoms with van der Waals surface area (Å²) in [6.07, 6.45) is 1.71. The van der Waals surface area contributed by atoms with Gasteiger partial charge >= 0.3 is 0 Å². The number of hydrogen-bond donors (Lipinski definition) is 1. The molecule has 3 nitrogen and oxygen atoms in total. The fourth-order valence-corrected chi connectivity index (χ4v) is 1.94. The number of furan rings is 1. The van der Waals surface area contributed by atoms with Gasteiger partial charge in [0.25, 0.3) is 0 Å². The minimum absolute atomic E-state index is 0.307. The summed E-state index contributed by atoms with van der Waals surface area (Å²) < 4.78 is 24.4. The SMILES string of the molecule is CCNCc1coc(COc2ccc(F)c(Br)c2)c1. The highest BCUT2D eigenvalue weighted by Crippen LogP contribution is 2.22. The van der Waals surface area contributed by atoms with E-state index in [0.29, 0.717) is 16.8 Å². The van der Waals surface area contributed by atoms with Crippen LogP contribution in [-0.2, 0) is 13.2 Å². The van der Waals surface area contributed by atoms with E-state index in [0.717, 1.165) is 24.4 Å². The molecule has 1 heterocycles. The Bertz CT molecular complexity index is 542. The lowest BCUT2D eigenvalue weighted by Crippen LogP contribution is -2.10. The van der Waals surface area contributed by atoms with E-state index in [1.54, 1.807) is 18.4 Å². The summed E-state index contributed by atoms with van der Waals surface area (Å²) in [6.45, 7) is 4.07.